The summed E-state index contributed by atoms with van der Waals surface area (Å²) in [6.07, 6.45) is 0. The van der Waals surface area contributed by atoms with E-state index in [0.717, 1.165) is 5.56 Å². The smallest absolute Gasteiger partial charge is 0.165 e. The highest BCUT2D eigenvalue weighted by Gasteiger charge is 2.08. The van der Waals surface area contributed by atoms with Gasteiger partial charge < -0.3 is 15.2 Å². The van der Waals surface area contributed by atoms with Crippen LogP contribution in [-0.4, -0.2) is 7.11 Å². The molecular weight excluding hydrogens is 233 g/mol. The van der Waals surface area contributed by atoms with Crippen molar-refractivity contribution in [2.75, 3.05) is 12.8 Å². The van der Waals surface area contributed by atoms with Crippen LogP contribution in [0.15, 0.2) is 36.4 Å². The summed E-state index contributed by atoms with van der Waals surface area (Å²) in [6.45, 7) is 1.86. The zero-order valence-electron chi connectivity index (χ0n) is 10.2. The summed E-state index contributed by atoms with van der Waals surface area (Å²) in [7, 11) is 1.54. The van der Waals surface area contributed by atoms with Crippen LogP contribution in [0.2, 0.25) is 0 Å². The first-order chi connectivity index (χ1) is 8.60. The Morgan fingerprint density at radius 2 is 1.83 bits per heavy atom. The van der Waals surface area contributed by atoms with Crippen LogP contribution in [0.4, 0.5) is 10.1 Å². The van der Waals surface area contributed by atoms with Crippen LogP contribution in [0.5, 0.6) is 17.2 Å². The molecule has 0 spiro atoms. The number of rotatable bonds is 3. The molecular formula is C14H14FNO2. The van der Waals surface area contributed by atoms with E-state index in [1.165, 1.54) is 6.07 Å². The van der Waals surface area contributed by atoms with E-state index in [1.807, 2.05) is 6.92 Å². The van der Waals surface area contributed by atoms with Gasteiger partial charge in [0.2, 0.25) is 0 Å². The zero-order chi connectivity index (χ0) is 13.1. The first kappa shape index (κ1) is 12.2. The normalized spacial score (nSPS) is 10.2. The van der Waals surface area contributed by atoms with Gasteiger partial charge in [-0.1, -0.05) is 6.07 Å². The molecule has 18 heavy (non-hydrogen) atoms. The van der Waals surface area contributed by atoms with Gasteiger partial charge in [-0.2, -0.15) is 0 Å². The molecule has 4 heteroatoms. The SMILES string of the molecule is COc1ccc(N)c(Oc2cc(C)ccc2F)c1. The van der Waals surface area contributed by atoms with Crippen molar-refractivity contribution in [2.45, 2.75) is 6.92 Å². The minimum Gasteiger partial charge on any atom is -0.497 e. The van der Waals surface area contributed by atoms with Crippen LogP contribution in [0, 0.1) is 12.7 Å². The summed E-state index contributed by atoms with van der Waals surface area (Å²) < 4.78 is 24.1. The van der Waals surface area contributed by atoms with Crippen LogP contribution >= 0.6 is 0 Å². The molecule has 0 aliphatic rings. The number of nitrogen functional groups attached to an aromatic ring is 1. The highest BCUT2D eigenvalue weighted by molar-refractivity contribution is 5.57. The Morgan fingerprint density at radius 3 is 2.56 bits per heavy atom. The summed E-state index contributed by atoms with van der Waals surface area (Å²) in [4.78, 5) is 0. The number of ether oxygens (including phenoxy) is 2. The van der Waals surface area contributed by atoms with Gasteiger partial charge in [0.25, 0.3) is 0 Å². The lowest BCUT2D eigenvalue weighted by atomic mass is 10.2. The molecule has 0 radical (unpaired) electrons. The number of hydrogen-bond acceptors (Lipinski definition) is 3. The number of benzene rings is 2. The number of methoxy groups -OCH3 is 1. The Morgan fingerprint density at radius 1 is 1.06 bits per heavy atom. The van der Waals surface area contributed by atoms with Crippen molar-refractivity contribution in [2.24, 2.45) is 0 Å². The molecule has 3 nitrogen and oxygen atoms in total. The third-order valence-corrected chi connectivity index (χ3v) is 2.53. The molecule has 2 aromatic rings. The fourth-order valence-electron chi connectivity index (χ4n) is 1.54. The summed E-state index contributed by atoms with van der Waals surface area (Å²) in [6, 6.07) is 9.65. The molecule has 2 aromatic carbocycles. The van der Waals surface area contributed by atoms with Gasteiger partial charge in [0, 0.05) is 6.07 Å². The van der Waals surface area contributed by atoms with E-state index in [2.05, 4.69) is 0 Å². The minimum absolute atomic E-state index is 0.148. The second-order valence-corrected chi connectivity index (χ2v) is 3.94. The van der Waals surface area contributed by atoms with Crippen LogP contribution in [0.3, 0.4) is 0 Å². The Bertz CT molecular complexity index is 570. The molecule has 0 fully saturated rings. The van der Waals surface area contributed by atoms with E-state index in [0.29, 0.717) is 17.2 Å². The van der Waals surface area contributed by atoms with Gasteiger partial charge in [-0.05, 0) is 36.8 Å². The molecule has 0 aliphatic heterocycles. The molecule has 0 saturated heterocycles. The first-order valence-corrected chi connectivity index (χ1v) is 5.47. The fraction of sp³-hybridized carbons (Fsp3) is 0.143. The summed E-state index contributed by atoms with van der Waals surface area (Å²) >= 11 is 0. The maximum absolute atomic E-state index is 13.6. The molecule has 0 aromatic heterocycles. The second kappa shape index (κ2) is 4.96. The highest BCUT2D eigenvalue weighted by Crippen LogP contribution is 2.32. The van der Waals surface area contributed by atoms with E-state index in [-0.39, 0.29) is 5.75 Å². The largest absolute Gasteiger partial charge is 0.497 e. The van der Waals surface area contributed by atoms with Gasteiger partial charge in [-0.3, -0.25) is 0 Å². The average molecular weight is 247 g/mol. The molecule has 0 aliphatic carbocycles. The lowest BCUT2D eigenvalue weighted by Gasteiger charge is -2.11. The summed E-state index contributed by atoms with van der Waals surface area (Å²) in [5.74, 6) is 0.698. The first-order valence-electron chi connectivity index (χ1n) is 5.47. The number of halogens is 1. The van der Waals surface area contributed by atoms with Crippen LogP contribution in [0.1, 0.15) is 5.56 Å². The van der Waals surface area contributed by atoms with Crippen molar-refractivity contribution in [1.29, 1.82) is 0 Å². The van der Waals surface area contributed by atoms with Crippen molar-refractivity contribution in [3.63, 3.8) is 0 Å². The molecule has 94 valence electrons. The monoisotopic (exact) mass is 247 g/mol. The van der Waals surface area contributed by atoms with Gasteiger partial charge in [-0.15, -0.1) is 0 Å². The number of aryl methyl sites for hydroxylation is 1. The number of nitrogens with two attached hydrogens (primary N) is 1. The van der Waals surface area contributed by atoms with E-state index < -0.39 is 5.82 Å². The van der Waals surface area contributed by atoms with Gasteiger partial charge in [0.1, 0.15) is 5.75 Å². The molecule has 0 heterocycles. The van der Waals surface area contributed by atoms with E-state index in [4.69, 9.17) is 15.2 Å². The molecule has 0 saturated carbocycles. The summed E-state index contributed by atoms with van der Waals surface area (Å²) in [5, 5.41) is 0. The van der Waals surface area contributed by atoms with Gasteiger partial charge >= 0.3 is 0 Å². The summed E-state index contributed by atoms with van der Waals surface area (Å²) in [5.41, 5.74) is 7.11. The third-order valence-electron chi connectivity index (χ3n) is 2.53. The predicted octanol–water partition coefficient (Wildman–Crippen LogP) is 3.52. The second-order valence-electron chi connectivity index (χ2n) is 3.94. The van der Waals surface area contributed by atoms with Crippen molar-refractivity contribution in [1.82, 2.24) is 0 Å². The van der Waals surface area contributed by atoms with E-state index >= 15 is 0 Å². The highest BCUT2D eigenvalue weighted by atomic mass is 19.1. The van der Waals surface area contributed by atoms with Gasteiger partial charge in [0.15, 0.2) is 17.3 Å². The predicted molar refractivity (Wildman–Crippen MR) is 68.6 cm³/mol. The number of hydrogen-bond donors (Lipinski definition) is 1. The molecule has 0 amide bonds. The van der Waals surface area contributed by atoms with Crippen molar-refractivity contribution in [3.8, 4) is 17.2 Å². The fourth-order valence-corrected chi connectivity index (χ4v) is 1.54. The number of anilines is 1. The van der Waals surface area contributed by atoms with E-state index in [1.54, 1.807) is 37.4 Å². The van der Waals surface area contributed by atoms with E-state index in [9.17, 15) is 4.39 Å². The molecule has 2 N–H and O–H groups in total. The Kier molecular flexibility index (Phi) is 3.37. The van der Waals surface area contributed by atoms with Gasteiger partial charge in [-0.25, -0.2) is 4.39 Å². The Labute approximate surface area is 105 Å². The minimum atomic E-state index is -0.428. The lowest BCUT2D eigenvalue weighted by molar-refractivity contribution is 0.406. The molecule has 0 atom stereocenters. The quantitative estimate of drug-likeness (QED) is 0.844. The third kappa shape index (κ3) is 2.53. The van der Waals surface area contributed by atoms with Crippen LogP contribution in [0.25, 0.3) is 0 Å². The standard InChI is InChI=1S/C14H14FNO2/c1-9-3-5-11(15)13(7-9)18-14-8-10(17-2)4-6-12(14)16/h3-8H,16H2,1-2H3. The van der Waals surface area contributed by atoms with Gasteiger partial charge in [0.05, 0.1) is 12.8 Å². The zero-order valence-corrected chi connectivity index (χ0v) is 10.2. The van der Waals surface area contributed by atoms with Crippen LogP contribution in [-0.2, 0) is 0 Å². The van der Waals surface area contributed by atoms with Crippen molar-refractivity contribution < 1.29 is 13.9 Å². The molecule has 0 unspecified atom stereocenters. The van der Waals surface area contributed by atoms with Crippen molar-refractivity contribution in [3.05, 3.63) is 47.8 Å². The maximum Gasteiger partial charge on any atom is 0.165 e. The maximum atomic E-state index is 13.6. The topological polar surface area (TPSA) is 44.5 Å². The average Bonchev–Trinajstić information content (AvgIpc) is 2.36. The van der Waals surface area contributed by atoms with Crippen LogP contribution < -0.4 is 15.2 Å². The Hall–Kier alpha value is -2.23. The lowest BCUT2D eigenvalue weighted by Crippen LogP contribution is -1.95. The molecule has 0 bridgehead atoms. The Balaban J connectivity index is 2.36. The van der Waals surface area contributed by atoms with Crippen molar-refractivity contribution >= 4 is 5.69 Å². The molecule has 2 rings (SSSR count).